The molecule has 0 spiro atoms. The van der Waals surface area contributed by atoms with Gasteiger partial charge in [-0.1, -0.05) is 15.9 Å². The van der Waals surface area contributed by atoms with Gasteiger partial charge in [-0.2, -0.15) is 0 Å². The molecular formula is C5H7BrN2O2. The van der Waals surface area contributed by atoms with E-state index in [9.17, 15) is 10.1 Å². The molecule has 5 heteroatoms. The second-order valence-corrected chi connectivity index (χ2v) is 3.19. The van der Waals surface area contributed by atoms with E-state index in [4.69, 9.17) is 0 Å². The quantitative estimate of drug-likeness (QED) is 0.387. The Morgan fingerprint density at radius 1 is 1.90 bits per heavy atom. The molecule has 0 aromatic rings. The van der Waals surface area contributed by atoms with Crippen LogP contribution in [0.5, 0.6) is 0 Å². The van der Waals surface area contributed by atoms with Crippen LogP contribution in [-0.2, 0) is 0 Å². The zero-order valence-electron chi connectivity index (χ0n) is 5.21. The van der Waals surface area contributed by atoms with E-state index in [1.54, 1.807) is 0 Å². The first kappa shape index (κ1) is 7.68. The highest BCUT2D eigenvalue weighted by Crippen LogP contribution is 2.15. The summed E-state index contributed by atoms with van der Waals surface area (Å²) in [6.45, 7) is 1.40. The van der Waals surface area contributed by atoms with Gasteiger partial charge in [-0.3, -0.25) is 10.1 Å². The van der Waals surface area contributed by atoms with Gasteiger partial charge in [-0.25, -0.2) is 0 Å². The first-order valence-electron chi connectivity index (χ1n) is 2.89. The number of nitrogens with one attached hydrogen (secondary N) is 1. The summed E-state index contributed by atoms with van der Waals surface area (Å²) in [7, 11) is 0. The molecule has 1 aliphatic rings. The number of nitro groups is 1. The van der Waals surface area contributed by atoms with Crippen LogP contribution in [0.1, 0.15) is 0 Å². The first-order chi connectivity index (χ1) is 4.70. The highest BCUT2D eigenvalue weighted by atomic mass is 79.9. The molecule has 1 heterocycles. The Bertz CT molecular complexity index is 180. The summed E-state index contributed by atoms with van der Waals surface area (Å²) in [5.41, 5.74) is 0.810. The van der Waals surface area contributed by atoms with Crippen molar-refractivity contribution < 1.29 is 4.92 Å². The normalized spacial score (nSPS) is 29.3. The monoisotopic (exact) mass is 206 g/mol. The van der Waals surface area contributed by atoms with E-state index in [1.807, 2.05) is 0 Å². The van der Waals surface area contributed by atoms with Crippen molar-refractivity contribution in [1.82, 2.24) is 5.32 Å². The highest BCUT2D eigenvalue weighted by molar-refractivity contribution is 9.09. The molecular weight excluding hydrogens is 200 g/mol. The fourth-order valence-electron chi connectivity index (χ4n) is 0.847. The molecule has 1 rings (SSSR count). The number of hydrogen-bond donors (Lipinski definition) is 1. The Labute approximate surface area is 66.6 Å². The van der Waals surface area contributed by atoms with Crippen LogP contribution >= 0.6 is 15.9 Å². The molecule has 1 atom stereocenters. The Kier molecular flexibility index (Phi) is 2.39. The Morgan fingerprint density at radius 3 is 3.00 bits per heavy atom. The van der Waals surface area contributed by atoms with Crippen LogP contribution in [0.25, 0.3) is 0 Å². The molecule has 1 unspecified atom stereocenters. The summed E-state index contributed by atoms with van der Waals surface area (Å²) in [5, 5.41) is 13.0. The fraction of sp³-hybridized carbons (Fsp3) is 0.600. The van der Waals surface area contributed by atoms with Crippen LogP contribution in [-0.4, -0.2) is 22.8 Å². The van der Waals surface area contributed by atoms with Gasteiger partial charge in [-0.05, 0) is 0 Å². The van der Waals surface area contributed by atoms with Gasteiger partial charge >= 0.3 is 0 Å². The van der Waals surface area contributed by atoms with Crippen molar-refractivity contribution in [3.05, 3.63) is 21.9 Å². The lowest BCUT2D eigenvalue weighted by atomic mass is 10.3. The van der Waals surface area contributed by atoms with Crippen molar-refractivity contribution in [2.45, 2.75) is 4.83 Å². The second-order valence-electron chi connectivity index (χ2n) is 2.09. The third-order valence-corrected chi connectivity index (χ3v) is 2.24. The van der Waals surface area contributed by atoms with E-state index in [0.717, 1.165) is 18.3 Å². The standard InChI is InChI=1S/C5H7BrN2O2/c6-5-2-7-1-4(5)3-8(9)10/h3,5,7H,1-2H2/b4-3-. The van der Waals surface area contributed by atoms with Gasteiger partial charge in [0, 0.05) is 18.7 Å². The van der Waals surface area contributed by atoms with Gasteiger partial charge in [-0.15, -0.1) is 0 Å². The van der Waals surface area contributed by atoms with Gasteiger partial charge < -0.3 is 5.32 Å². The predicted octanol–water partition coefficient (Wildman–Crippen LogP) is 0.514. The lowest BCUT2D eigenvalue weighted by Crippen LogP contribution is -2.07. The lowest BCUT2D eigenvalue weighted by molar-refractivity contribution is -0.403. The van der Waals surface area contributed by atoms with Crippen LogP contribution < -0.4 is 5.32 Å². The van der Waals surface area contributed by atoms with E-state index in [0.29, 0.717) is 6.54 Å². The van der Waals surface area contributed by atoms with Crippen molar-refractivity contribution in [1.29, 1.82) is 0 Å². The average molecular weight is 207 g/mol. The van der Waals surface area contributed by atoms with Crippen molar-refractivity contribution >= 4 is 15.9 Å². The molecule has 1 saturated heterocycles. The number of rotatable bonds is 1. The maximum absolute atomic E-state index is 9.98. The molecule has 0 bridgehead atoms. The van der Waals surface area contributed by atoms with E-state index in [1.165, 1.54) is 0 Å². The minimum Gasteiger partial charge on any atom is -0.311 e. The van der Waals surface area contributed by atoms with Crippen molar-refractivity contribution in [3.63, 3.8) is 0 Å². The van der Waals surface area contributed by atoms with Gasteiger partial charge in [0.1, 0.15) is 0 Å². The maximum atomic E-state index is 9.98. The molecule has 10 heavy (non-hydrogen) atoms. The minimum absolute atomic E-state index is 0.137. The number of alkyl halides is 1. The summed E-state index contributed by atoms with van der Waals surface area (Å²) in [5.74, 6) is 0. The summed E-state index contributed by atoms with van der Waals surface area (Å²) in [6.07, 6.45) is 1.05. The zero-order chi connectivity index (χ0) is 7.56. The van der Waals surface area contributed by atoms with Gasteiger partial charge in [0.15, 0.2) is 0 Å². The van der Waals surface area contributed by atoms with E-state index in [2.05, 4.69) is 21.2 Å². The van der Waals surface area contributed by atoms with E-state index in [-0.39, 0.29) is 4.83 Å². The molecule has 0 amide bonds. The molecule has 1 aliphatic heterocycles. The van der Waals surface area contributed by atoms with Crippen LogP contribution in [0.2, 0.25) is 0 Å². The molecule has 0 aromatic carbocycles. The van der Waals surface area contributed by atoms with E-state index >= 15 is 0 Å². The topological polar surface area (TPSA) is 55.2 Å². The molecule has 0 radical (unpaired) electrons. The SMILES string of the molecule is O=[N+]([O-])/C=C1/CNCC1Br. The lowest BCUT2D eigenvalue weighted by Gasteiger charge is -1.94. The minimum atomic E-state index is -0.420. The van der Waals surface area contributed by atoms with Gasteiger partial charge in [0.05, 0.1) is 9.75 Å². The fourth-order valence-corrected chi connectivity index (χ4v) is 1.36. The molecule has 0 aliphatic carbocycles. The highest BCUT2D eigenvalue weighted by Gasteiger charge is 2.19. The number of nitrogens with zero attached hydrogens (tertiary/aromatic N) is 1. The van der Waals surface area contributed by atoms with E-state index < -0.39 is 4.92 Å². The van der Waals surface area contributed by atoms with Crippen molar-refractivity contribution in [2.75, 3.05) is 13.1 Å². The maximum Gasteiger partial charge on any atom is 0.236 e. The molecule has 1 fully saturated rings. The largest absolute Gasteiger partial charge is 0.311 e. The van der Waals surface area contributed by atoms with Gasteiger partial charge in [0.2, 0.25) is 6.20 Å². The Hall–Kier alpha value is -0.420. The predicted molar refractivity (Wildman–Crippen MR) is 40.7 cm³/mol. The summed E-state index contributed by atoms with van der Waals surface area (Å²) in [6, 6.07) is 0. The Morgan fingerprint density at radius 2 is 2.60 bits per heavy atom. The second kappa shape index (κ2) is 3.12. The third-order valence-electron chi connectivity index (χ3n) is 1.33. The van der Waals surface area contributed by atoms with Crippen LogP contribution in [0.15, 0.2) is 11.8 Å². The number of hydrogen-bond acceptors (Lipinski definition) is 3. The average Bonchev–Trinajstić information content (AvgIpc) is 2.15. The molecule has 4 nitrogen and oxygen atoms in total. The van der Waals surface area contributed by atoms with Crippen molar-refractivity contribution in [2.24, 2.45) is 0 Å². The molecule has 0 saturated carbocycles. The first-order valence-corrected chi connectivity index (χ1v) is 3.80. The smallest absolute Gasteiger partial charge is 0.236 e. The van der Waals surface area contributed by atoms with Crippen molar-refractivity contribution in [3.8, 4) is 0 Å². The van der Waals surface area contributed by atoms with Crippen LogP contribution in [0, 0.1) is 10.1 Å². The summed E-state index contributed by atoms with van der Waals surface area (Å²) < 4.78 is 0. The summed E-state index contributed by atoms with van der Waals surface area (Å²) >= 11 is 3.30. The Balaban J connectivity index is 2.62. The summed E-state index contributed by atoms with van der Waals surface area (Å²) in [4.78, 5) is 9.70. The van der Waals surface area contributed by atoms with Gasteiger partial charge in [0.25, 0.3) is 0 Å². The van der Waals surface area contributed by atoms with Crippen LogP contribution in [0.4, 0.5) is 0 Å². The third kappa shape index (κ3) is 1.78. The zero-order valence-corrected chi connectivity index (χ0v) is 6.80. The molecule has 1 N–H and O–H groups in total. The molecule has 0 aromatic heterocycles. The molecule has 56 valence electrons. The van der Waals surface area contributed by atoms with Crippen LogP contribution in [0.3, 0.4) is 0 Å². The number of halogens is 1.